The molecule has 2 aromatic carbocycles. The van der Waals surface area contributed by atoms with Gasteiger partial charge in [0.25, 0.3) is 5.91 Å². The number of hydrogen-bond acceptors (Lipinski definition) is 3. The molecular formula is C15H13ClN2O2. The van der Waals surface area contributed by atoms with Crippen LogP contribution < -0.4 is 11.1 Å². The molecule has 2 aromatic rings. The number of halogens is 1. The summed E-state index contributed by atoms with van der Waals surface area (Å²) in [7, 11) is 0. The zero-order valence-electron chi connectivity index (χ0n) is 10.6. The maximum Gasteiger partial charge on any atom is 0.253 e. The maximum absolute atomic E-state index is 12.0. The van der Waals surface area contributed by atoms with Crippen LogP contribution in [0.4, 0.5) is 5.69 Å². The summed E-state index contributed by atoms with van der Waals surface area (Å²) >= 11 is 5.92. The average molecular weight is 289 g/mol. The third-order valence-corrected chi connectivity index (χ3v) is 3.07. The molecule has 0 aliphatic rings. The van der Waals surface area contributed by atoms with Gasteiger partial charge in [-0.15, -0.1) is 0 Å². The van der Waals surface area contributed by atoms with Gasteiger partial charge in [0.05, 0.1) is 17.1 Å². The van der Waals surface area contributed by atoms with Gasteiger partial charge >= 0.3 is 0 Å². The first-order chi connectivity index (χ1) is 9.58. The number of Topliss-reactive ketones (excluding diaryl/α,β-unsaturated/α-hetero) is 1. The van der Waals surface area contributed by atoms with E-state index in [0.717, 1.165) is 0 Å². The van der Waals surface area contributed by atoms with E-state index in [2.05, 4.69) is 5.32 Å². The minimum absolute atomic E-state index is 0.0893. The number of ketones is 1. The van der Waals surface area contributed by atoms with Crippen molar-refractivity contribution in [3.8, 4) is 0 Å². The van der Waals surface area contributed by atoms with Crippen LogP contribution in [-0.2, 0) is 0 Å². The van der Waals surface area contributed by atoms with E-state index in [9.17, 15) is 9.59 Å². The van der Waals surface area contributed by atoms with E-state index >= 15 is 0 Å². The number of carbonyl (C=O) groups excluding carboxylic acids is 2. The Labute approximate surface area is 121 Å². The number of amides is 1. The van der Waals surface area contributed by atoms with Gasteiger partial charge in [0.2, 0.25) is 0 Å². The Hall–Kier alpha value is -2.33. The zero-order valence-corrected chi connectivity index (χ0v) is 11.4. The summed E-state index contributed by atoms with van der Waals surface area (Å²) in [5.74, 6) is -0.592. The second kappa shape index (κ2) is 6.21. The molecule has 4 nitrogen and oxygen atoms in total. The molecule has 0 atom stereocenters. The van der Waals surface area contributed by atoms with Gasteiger partial charge in [-0.3, -0.25) is 9.59 Å². The molecule has 0 aliphatic carbocycles. The monoisotopic (exact) mass is 288 g/mol. The highest BCUT2D eigenvalue weighted by Gasteiger charge is 2.12. The van der Waals surface area contributed by atoms with Gasteiger partial charge in [-0.05, 0) is 18.2 Å². The van der Waals surface area contributed by atoms with E-state index in [1.54, 1.807) is 36.4 Å². The van der Waals surface area contributed by atoms with Crippen molar-refractivity contribution in [3.05, 3.63) is 64.7 Å². The summed E-state index contributed by atoms with van der Waals surface area (Å²) in [6.07, 6.45) is 0. The Kier molecular flexibility index (Phi) is 4.38. The fourth-order valence-electron chi connectivity index (χ4n) is 1.70. The maximum atomic E-state index is 12.0. The van der Waals surface area contributed by atoms with E-state index in [0.29, 0.717) is 16.3 Å². The van der Waals surface area contributed by atoms with Crippen molar-refractivity contribution in [1.29, 1.82) is 0 Å². The molecule has 0 unspecified atom stereocenters. The fraction of sp³-hybridized carbons (Fsp3) is 0.0667. The summed E-state index contributed by atoms with van der Waals surface area (Å²) in [4.78, 5) is 23.8. The van der Waals surface area contributed by atoms with Crippen molar-refractivity contribution < 1.29 is 9.59 Å². The molecule has 5 heteroatoms. The fourth-order valence-corrected chi connectivity index (χ4v) is 1.90. The Bertz CT molecular complexity index is 642. The number of nitrogens with one attached hydrogen (secondary N) is 1. The first kappa shape index (κ1) is 14.1. The number of carbonyl (C=O) groups is 2. The van der Waals surface area contributed by atoms with E-state index < -0.39 is 5.91 Å². The Balaban J connectivity index is 2.02. The molecule has 0 aromatic heterocycles. The lowest BCUT2D eigenvalue weighted by molar-refractivity contribution is 0.0904. The predicted octanol–water partition coefficient (Wildman–Crippen LogP) is 2.53. The number of rotatable bonds is 4. The van der Waals surface area contributed by atoms with Crippen LogP contribution in [-0.4, -0.2) is 18.2 Å². The number of anilines is 1. The first-order valence-corrected chi connectivity index (χ1v) is 6.37. The second-order valence-corrected chi connectivity index (χ2v) is 4.62. The van der Waals surface area contributed by atoms with Gasteiger partial charge in [-0.2, -0.15) is 0 Å². The van der Waals surface area contributed by atoms with Crippen LogP contribution in [0.5, 0.6) is 0 Å². The van der Waals surface area contributed by atoms with Crippen LogP contribution in [0, 0.1) is 0 Å². The lowest BCUT2D eigenvalue weighted by atomic mass is 10.1. The van der Waals surface area contributed by atoms with Crippen molar-refractivity contribution in [2.45, 2.75) is 0 Å². The topological polar surface area (TPSA) is 72.2 Å². The van der Waals surface area contributed by atoms with Crippen molar-refractivity contribution >= 4 is 29.0 Å². The molecule has 2 rings (SSSR count). The van der Waals surface area contributed by atoms with Gasteiger partial charge in [0.15, 0.2) is 5.78 Å². The smallest absolute Gasteiger partial charge is 0.253 e. The molecule has 0 fully saturated rings. The predicted molar refractivity (Wildman–Crippen MR) is 79.0 cm³/mol. The van der Waals surface area contributed by atoms with E-state index in [4.69, 9.17) is 17.3 Å². The number of nitrogen functional groups attached to an aromatic ring is 1. The number of benzene rings is 2. The van der Waals surface area contributed by atoms with Gasteiger partial charge in [-0.25, -0.2) is 0 Å². The third kappa shape index (κ3) is 3.36. The minimum atomic E-state index is -0.424. The first-order valence-electron chi connectivity index (χ1n) is 5.99. The Morgan fingerprint density at radius 2 is 1.80 bits per heavy atom. The van der Waals surface area contributed by atoms with E-state index in [-0.39, 0.29) is 17.9 Å². The van der Waals surface area contributed by atoms with Crippen LogP contribution in [0.2, 0.25) is 5.02 Å². The van der Waals surface area contributed by atoms with E-state index in [1.807, 2.05) is 6.07 Å². The highest BCUT2D eigenvalue weighted by Crippen LogP contribution is 2.18. The highest BCUT2D eigenvalue weighted by atomic mass is 35.5. The van der Waals surface area contributed by atoms with Crippen molar-refractivity contribution in [2.75, 3.05) is 12.3 Å². The third-order valence-electron chi connectivity index (χ3n) is 2.74. The van der Waals surface area contributed by atoms with Gasteiger partial charge < -0.3 is 11.1 Å². The molecule has 0 saturated carbocycles. The molecule has 0 heterocycles. The molecule has 0 aliphatic heterocycles. The van der Waals surface area contributed by atoms with Gasteiger partial charge in [-0.1, -0.05) is 41.9 Å². The standard InChI is InChI=1S/C15H13ClN2O2/c16-13-7-6-11(17)8-12(13)15(20)18-9-14(19)10-4-2-1-3-5-10/h1-8H,9,17H2,(H,18,20). The molecule has 102 valence electrons. The molecule has 20 heavy (non-hydrogen) atoms. The molecule has 3 N–H and O–H groups in total. The summed E-state index contributed by atoms with van der Waals surface area (Å²) < 4.78 is 0. The zero-order chi connectivity index (χ0) is 14.5. The van der Waals surface area contributed by atoms with E-state index in [1.165, 1.54) is 6.07 Å². The minimum Gasteiger partial charge on any atom is -0.399 e. The van der Waals surface area contributed by atoms with Gasteiger partial charge in [0, 0.05) is 11.3 Å². The summed E-state index contributed by atoms with van der Waals surface area (Å²) in [5, 5.41) is 2.83. The molecule has 0 bridgehead atoms. The summed E-state index contributed by atoms with van der Waals surface area (Å²) in [5.41, 5.74) is 6.85. The quantitative estimate of drug-likeness (QED) is 0.671. The SMILES string of the molecule is Nc1ccc(Cl)c(C(=O)NCC(=O)c2ccccc2)c1. The number of nitrogens with two attached hydrogens (primary N) is 1. The van der Waals surface area contributed by atoms with Gasteiger partial charge in [0.1, 0.15) is 0 Å². The molecule has 0 saturated heterocycles. The Morgan fingerprint density at radius 1 is 1.10 bits per heavy atom. The summed E-state index contributed by atoms with van der Waals surface area (Å²) in [6, 6.07) is 13.4. The van der Waals surface area contributed by atoms with Crippen molar-refractivity contribution in [3.63, 3.8) is 0 Å². The van der Waals surface area contributed by atoms with Crippen LogP contribution in [0.25, 0.3) is 0 Å². The van der Waals surface area contributed by atoms with Crippen molar-refractivity contribution in [1.82, 2.24) is 5.32 Å². The molecule has 0 spiro atoms. The van der Waals surface area contributed by atoms with Crippen molar-refractivity contribution in [2.24, 2.45) is 0 Å². The lowest BCUT2D eigenvalue weighted by Crippen LogP contribution is -2.29. The lowest BCUT2D eigenvalue weighted by Gasteiger charge is -2.07. The van der Waals surface area contributed by atoms with Crippen LogP contribution in [0.15, 0.2) is 48.5 Å². The normalized spacial score (nSPS) is 10.1. The van der Waals surface area contributed by atoms with Crippen LogP contribution >= 0.6 is 11.6 Å². The average Bonchev–Trinajstić information content (AvgIpc) is 2.47. The molecular weight excluding hydrogens is 276 g/mol. The largest absolute Gasteiger partial charge is 0.399 e. The Morgan fingerprint density at radius 3 is 2.50 bits per heavy atom. The molecule has 1 amide bonds. The van der Waals surface area contributed by atoms with Crippen LogP contribution in [0.3, 0.4) is 0 Å². The molecule has 0 radical (unpaired) electrons. The van der Waals surface area contributed by atoms with Crippen LogP contribution in [0.1, 0.15) is 20.7 Å². The summed E-state index contributed by atoms with van der Waals surface area (Å²) in [6.45, 7) is -0.0893. The number of hydrogen-bond donors (Lipinski definition) is 2. The highest BCUT2D eigenvalue weighted by molar-refractivity contribution is 6.34. The second-order valence-electron chi connectivity index (χ2n) is 4.21.